The number of hydrogen-bond acceptors (Lipinski definition) is 2. The Morgan fingerprint density at radius 3 is 2.50 bits per heavy atom. The van der Waals surface area contributed by atoms with Crippen molar-refractivity contribution < 1.29 is 8.78 Å². The molecule has 0 aliphatic rings. The Bertz CT molecular complexity index is 494. The van der Waals surface area contributed by atoms with E-state index in [0.29, 0.717) is 12.0 Å². The molecule has 1 heterocycles. The van der Waals surface area contributed by atoms with E-state index in [1.807, 2.05) is 19.2 Å². The minimum atomic E-state index is -0.550. The molecule has 4 heteroatoms. The molecule has 2 nitrogen and oxygen atoms in total. The van der Waals surface area contributed by atoms with Crippen LogP contribution in [0.5, 0.6) is 0 Å². The van der Waals surface area contributed by atoms with Crippen molar-refractivity contribution in [2.45, 2.75) is 12.5 Å². The first-order chi connectivity index (χ1) is 8.69. The molecule has 0 saturated carbocycles. The standard InChI is InChI=1S/C14H14F2N2/c1-17-14(11-3-2-4-18-9-11)7-10-5-12(15)8-13(16)6-10/h2-6,8-9,14,17H,7H2,1H3. The van der Waals surface area contributed by atoms with Gasteiger partial charge >= 0.3 is 0 Å². The van der Waals surface area contributed by atoms with Gasteiger partial charge in [0.1, 0.15) is 11.6 Å². The van der Waals surface area contributed by atoms with E-state index < -0.39 is 11.6 Å². The van der Waals surface area contributed by atoms with Crippen LogP contribution in [0.1, 0.15) is 17.2 Å². The topological polar surface area (TPSA) is 24.9 Å². The van der Waals surface area contributed by atoms with Crippen LogP contribution in [0.15, 0.2) is 42.7 Å². The Morgan fingerprint density at radius 2 is 1.94 bits per heavy atom. The van der Waals surface area contributed by atoms with Gasteiger partial charge in [0.25, 0.3) is 0 Å². The molecule has 0 saturated heterocycles. The van der Waals surface area contributed by atoms with E-state index in [2.05, 4.69) is 10.3 Å². The average molecular weight is 248 g/mol. The number of halogens is 2. The van der Waals surface area contributed by atoms with Crippen LogP contribution in [0, 0.1) is 11.6 Å². The summed E-state index contributed by atoms with van der Waals surface area (Å²) < 4.78 is 26.2. The zero-order valence-electron chi connectivity index (χ0n) is 10.0. The molecule has 18 heavy (non-hydrogen) atoms. The maximum atomic E-state index is 13.1. The smallest absolute Gasteiger partial charge is 0.126 e. The van der Waals surface area contributed by atoms with Crippen molar-refractivity contribution >= 4 is 0 Å². The third-order valence-electron chi connectivity index (χ3n) is 2.80. The van der Waals surface area contributed by atoms with E-state index in [9.17, 15) is 8.78 Å². The van der Waals surface area contributed by atoms with E-state index in [-0.39, 0.29) is 6.04 Å². The first kappa shape index (κ1) is 12.6. The molecule has 0 fully saturated rings. The van der Waals surface area contributed by atoms with Crippen LogP contribution >= 0.6 is 0 Å². The largest absolute Gasteiger partial charge is 0.313 e. The summed E-state index contributed by atoms with van der Waals surface area (Å²) >= 11 is 0. The molecule has 1 aromatic carbocycles. The van der Waals surface area contributed by atoms with Crippen molar-refractivity contribution in [2.75, 3.05) is 7.05 Å². The minimum absolute atomic E-state index is 0.0140. The van der Waals surface area contributed by atoms with Gasteiger partial charge in [-0.1, -0.05) is 6.07 Å². The third-order valence-corrected chi connectivity index (χ3v) is 2.80. The van der Waals surface area contributed by atoms with Crippen molar-refractivity contribution in [3.63, 3.8) is 0 Å². The zero-order valence-corrected chi connectivity index (χ0v) is 10.0. The molecule has 1 atom stereocenters. The number of pyridine rings is 1. The predicted molar refractivity (Wildman–Crippen MR) is 66.1 cm³/mol. The summed E-state index contributed by atoms with van der Waals surface area (Å²) in [6.07, 6.45) is 3.95. The molecule has 2 rings (SSSR count). The maximum absolute atomic E-state index is 13.1. The first-order valence-corrected chi connectivity index (χ1v) is 5.71. The molecule has 1 N–H and O–H groups in total. The SMILES string of the molecule is CNC(Cc1cc(F)cc(F)c1)c1cccnc1. The monoisotopic (exact) mass is 248 g/mol. The summed E-state index contributed by atoms with van der Waals surface area (Å²) in [4.78, 5) is 4.04. The lowest BCUT2D eigenvalue weighted by molar-refractivity contribution is 0.561. The van der Waals surface area contributed by atoms with Gasteiger partial charge in [-0.15, -0.1) is 0 Å². The normalized spacial score (nSPS) is 12.4. The van der Waals surface area contributed by atoms with Gasteiger partial charge in [0.05, 0.1) is 0 Å². The fourth-order valence-electron chi connectivity index (χ4n) is 1.93. The van der Waals surface area contributed by atoms with E-state index in [0.717, 1.165) is 11.6 Å². The summed E-state index contributed by atoms with van der Waals surface area (Å²) in [6.45, 7) is 0. The second kappa shape index (κ2) is 5.69. The lowest BCUT2D eigenvalue weighted by Crippen LogP contribution is -2.19. The number of likely N-dealkylation sites (N-methyl/N-ethyl adjacent to an activating group) is 1. The maximum Gasteiger partial charge on any atom is 0.126 e. The lowest BCUT2D eigenvalue weighted by atomic mass is 10.0. The van der Waals surface area contributed by atoms with Crippen molar-refractivity contribution in [3.8, 4) is 0 Å². The molecule has 2 aromatic rings. The highest BCUT2D eigenvalue weighted by Crippen LogP contribution is 2.18. The van der Waals surface area contributed by atoms with Gasteiger partial charge in [0.15, 0.2) is 0 Å². The molecule has 0 aliphatic heterocycles. The molecule has 1 aromatic heterocycles. The zero-order chi connectivity index (χ0) is 13.0. The highest BCUT2D eigenvalue weighted by molar-refractivity contribution is 5.22. The molecule has 0 bridgehead atoms. The van der Waals surface area contributed by atoms with Crippen molar-refractivity contribution in [3.05, 3.63) is 65.5 Å². The Balaban J connectivity index is 2.20. The van der Waals surface area contributed by atoms with Crippen molar-refractivity contribution in [1.29, 1.82) is 0 Å². The molecule has 0 spiro atoms. The number of rotatable bonds is 4. The summed E-state index contributed by atoms with van der Waals surface area (Å²) in [5, 5.41) is 3.12. The molecule has 1 unspecified atom stereocenters. The fraction of sp³-hybridized carbons (Fsp3) is 0.214. The lowest BCUT2D eigenvalue weighted by Gasteiger charge is -2.16. The Labute approximate surface area is 105 Å². The molecule has 0 radical (unpaired) electrons. The summed E-state index contributed by atoms with van der Waals surface area (Å²) in [6, 6.07) is 7.34. The molecular weight excluding hydrogens is 234 g/mol. The predicted octanol–water partition coefficient (Wildman–Crippen LogP) is 2.86. The number of nitrogens with one attached hydrogen (secondary N) is 1. The van der Waals surface area contributed by atoms with Crippen LogP contribution in [-0.2, 0) is 6.42 Å². The van der Waals surface area contributed by atoms with Crippen molar-refractivity contribution in [2.24, 2.45) is 0 Å². The van der Waals surface area contributed by atoms with Gasteiger partial charge in [-0.05, 0) is 42.8 Å². The van der Waals surface area contributed by atoms with E-state index in [1.54, 1.807) is 12.4 Å². The van der Waals surface area contributed by atoms with E-state index in [1.165, 1.54) is 12.1 Å². The summed E-state index contributed by atoms with van der Waals surface area (Å²) in [5.74, 6) is -1.10. The minimum Gasteiger partial charge on any atom is -0.313 e. The summed E-state index contributed by atoms with van der Waals surface area (Å²) in [7, 11) is 1.81. The number of nitrogens with zero attached hydrogens (tertiary/aromatic N) is 1. The molecule has 0 aliphatic carbocycles. The van der Waals surface area contributed by atoms with Crippen LogP contribution in [-0.4, -0.2) is 12.0 Å². The van der Waals surface area contributed by atoms with Gasteiger partial charge in [-0.2, -0.15) is 0 Å². The van der Waals surface area contributed by atoms with Crippen LogP contribution in [0.3, 0.4) is 0 Å². The highest BCUT2D eigenvalue weighted by Gasteiger charge is 2.11. The van der Waals surface area contributed by atoms with Gasteiger partial charge in [-0.25, -0.2) is 8.78 Å². The van der Waals surface area contributed by atoms with Gasteiger partial charge in [-0.3, -0.25) is 4.98 Å². The van der Waals surface area contributed by atoms with Gasteiger partial charge < -0.3 is 5.32 Å². The van der Waals surface area contributed by atoms with E-state index in [4.69, 9.17) is 0 Å². The highest BCUT2D eigenvalue weighted by atomic mass is 19.1. The number of hydrogen-bond donors (Lipinski definition) is 1. The third kappa shape index (κ3) is 3.11. The molecule has 0 amide bonds. The van der Waals surface area contributed by atoms with Gasteiger partial charge in [0.2, 0.25) is 0 Å². The number of benzene rings is 1. The van der Waals surface area contributed by atoms with Crippen molar-refractivity contribution in [1.82, 2.24) is 10.3 Å². The van der Waals surface area contributed by atoms with Crippen LogP contribution < -0.4 is 5.32 Å². The quantitative estimate of drug-likeness (QED) is 0.900. The number of aromatic nitrogens is 1. The van der Waals surface area contributed by atoms with E-state index >= 15 is 0 Å². The van der Waals surface area contributed by atoms with Gasteiger partial charge in [0, 0.05) is 24.5 Å². The van der Waals surface area contributed by atoms with Crippen LogP contribution in [0.4, 0.5) is 8.78 Å². The first-order valence-electron chi connectivity index (χ1n) is 5.71. The average Bonchev–Trinajstić information content (AvgIpc) is 2.36. The Kier molecular flexibility index (Phi) is 3.99. The Hall–Kier alpha value is -1.81. The molecule has 94 valence electrons. The summed E-state index contributed by atoms with van der Waals surface area (Å²) in [5.41, 5.74) is 1.61. The van der Waals surface area contributed by atoms with Crippen LogP contribution in [0.25, 0.3) is 0 Å². The Morgan fingerprint density at radius 1 is 1.22 bits per heavy atom. The molecular formula is C14H14F2N2. The fourth-order valence-corrected chi connectivity index (χ4v) is 1.93. The second-order valence-electron chi connectivity index (χ2n) is 4.11. The second-order valence-corrected chi connectivity index (χ2v) is 4.11. The van der Waals surface area contributed by atoms with Crippen LogP contribution in [0.2, 0.25) is 0 Å².